The van der Waals surface area contributed by atoms with Crippen LogP contribution in [-0.4, -0.2) is 40.6 Å². The van der Waals surface area contributed by atoms with Crippen LogP contribution >= 0.6 is 0 Å². The number of amides is 1. The van der Waals surface area contributed by atoms with E-state index in [-0.39, 0.29) is 32.1 Å². The topological polar surface area (TPSA) is 131 Å². The molecule has 8 nitrogen and oxygen atoms in total. The summed E-state index contributed by atoms with van der Waals surface area (Å²) in [5.74, 6) is -1.16. The van der Waals surface area contributed by atoms with Gasteiger partial charge >= 0.3 is 12.1 Å². The van der Waals surface area contributed by atoms with Crippen molar-refractivity contribution in [2.45, 2.75) is 32.0 Å². The molecule has 0 saturated carbocycles. The summed E-state index contributed by atoms with van der Waals surface area (Å²) in [6.45, 7) is 0.462. The molecular formula is C21H26N4O4. The number of carboxylic acids is 1. The molecular weight excluding hydrogens is 372 g/mol. The van der Waals surface area contributed by atoms with Gasteiger partial charge in [-0.05, 0) is 24.0 Å². The Morgan fingerprint density at radius 1 is 1.00 bits per heavy atom. The zero-order valence-electron chi connectivity index (χ0n) is 16.1. The number of rotatable bonds is 10. The standard InChI is InChI=1S/C21H26N4O4/c22-20(23)24-13-7-12-18(19(26)27)25(14-16-8-3-1-4-9-16)21(28)29-15-17-10-5-2-6-11-17/h1-6,8-11,18H,7,12-15H2,(H,26,27)(H4,22,23,24)/t18-/m0/s1. The molecule has 5 N–H and O–H groups in total. The van der Waals surface area contributed by atoms with Gasteiger partial charge in [0.2, 0.25) is 0 Å². The molecule has 2 rings (SSSR count). The van der Waals surface area contributed by atoms with Crippen LogP contribution in [0.5, 0.6) is 0 Å². The van der Waals surface area contributed by atoms with Gasteiger partial charge in [-0.2, -0.15) is 0 Å². The van der Waals surface area contributed by atoms with Gasteiger partial charge in [-0.25, -0.2) is 9.59 Å². The molecule has 0 bridgehead atoms. The molecule has 0 radical (unpaired) electrons. The zero-order chi connectivity index (χ0) is 21.1. The third kappa shape index (κ3) is 7.53. The second-order valence-corrected chi connectivity index (χ2v) is 6.46. The van der Waals surface area contributed by atoms with E-state index in [0.717, 1.165) is 11.1 Å². The summed E-state index contributed by atoms with van der Waals surface area (Å²) in [5.41, 5.74) is 12.2. The summed E-state index contributed by atoms with van der Waals surface area (Å²) >= 11 is 0. The fourth-order valence-corrected chi connectivity index (χ4v) is 2.79. The van der Waals surface area contributed by atoms with Crippen molar-refractivity contribution >= 4 is 18.0 Å². The Bertz CT molecular complexity index is 808. The summed E-state index contributed by atoms with van der Waals surface area (Å²) in [5, 5.41) is 9.73. The van der Waals surface area contributed by atoms with E-state index >= 15 is 0 Å². The Kier molecular flexibility index (Phi) is 8.50. The third-order valence-electron chi connectivity index (χ3n) is 4.23. The van der Waals surface area contributed by atoms with Gasteiger partial charge in [0.25, 0.3) is 0 Å². The van der Waals surface area contributed by atoms with E-state index in [1.807, 2.05) is 60.7 Å². The number of ether oxygens (including phenoxy) is 1. The van der Waals surface area contributed by atoms with Crippen molar-refractivity contribution < 1.29 is 19.4 Å². The van der Waals surface area contributed by atoms with Gasteiger partial charge in [-0.15, -0.1) is 0 Å². The minimum absolute atomic E-state index is 0.0553. The molecule has 0 aliphatic rings. The van der Waals surface area contributed by atoms with Gasteiger partial charge in [0, 0.05) is 13.1 Å². The van der Waals surface area contributed by atoms with Gasteiger partial charge in [0.1, 0.15) is 12.6 Å². The van der Waals surface area contributed by atoms with Crippen LogP contribution < -0.4 is 11.5 Å². The molecule has 8 heteroatoms. The number of carboxylic acid groups (broad SMARTS) is 1. The molecule has 1 amide bonds. The van der Waals surface area contributed by atoms with Crippen LogP contribution in [-0.2, 0) is 22.7 Å². The first kappa shape index (κ1) is 21.7. The maximum absolute atomic E-state index is 12.8. The van der Waals surface area contributed by atoms with Crippen LogP contribution in [0.2, 0.25) is 0 Å². The number of guanidine groups is 1. The predicted octanol–water partition coefficient (Wildman–Crippen LogP) is 2.33. The highest BCUT2D eigenvalue weighted by Crippen LogP contribution is 2.16. The van der Waals surface area contributed by atoms with E-state index in [2.05, 4.69) is 4.99 Å². The van der Waals surface area contributed by atoms with E-state index in [1.54, 1.807) is 0 Å². The summed E-state index contributed by atoms with van der Waals surface area (Å²) < 4.78 is 5.39. The fourth-order valence-electron chi connectivity index (χ4n) is 2.79. The lowest BCUT2D eigenvalue weighted by molar-refractivity contribution is -0.143. The van der Waals surface area contributed by atoms with E-state index in [9.17, 15) is 14.7 Å². The van der Waals surface area contributed by atoms with E-state index < -0.39 is 18.1 Å². The average Bonchev–Trinajstić information content (AvgIpc) is 2.72. The summed E-state index contributed by atoms with van der Waals surface area (Å²) in [6, 6.07) is 17.3. The monoisotopic (exact) mass is 398 g/mol. The number of carbonyl (C=O) groups is 2. The molecule has 0 aliphatic carbocycles. The van der Waals surface area contributed by atoms with Crippen molar-refractivity contribution in [1.29, 1.82) is 0 Å². The number of hydrogen-bond acceptors (Lipinski definition) is 4. The highest BCUT2D eigenvalue weighted by atomic mass is 16.6. The summed E-state index contributed by atoms with van der Waals surface area (Å²) in [6.07, 6.45) is -0.0853. The SMILES string of the molecule is NC(N)=NCCC[C@@H](C(=O)O)N(Cc1ccccc1)C(=O)OCc1ccccc1. The highest BCUT2D eigenvalue weighted by Gasteiger charge is 2.30. The van der Waals surface area contributed by atoms with Crippen molar-refractivity contribution in [2.24, 2.45) is 16.5 Å². The first-order chi connectivity index (χ1) is 14.0. The number of carbonyl (C=O) groups excluding carboxylic acids is 1. The third-order valence-corrected chi connectivity index (χ3v) is 4.23. The van der Waals surface area contributed by atoms with Crippen molar-refractivity contribution in [2.75, 3.05) is 6.54 Å². The van der Waals surface area contributed by atoms with Crippen LogP contribution in [0, 0.1) is 0 Å². The number of nitrogens with zero attached hydrogens (tertiary/aromatic N) is 2. The summed E-state index contributed by atoms with van der Waals surface area (Å²) in [4.78, 5) is 29.8. The lowest BCUT2D eigenvalue weighted by Gasteiger charge is -2.28. The minimum Gasteiger partial charge on any atom is -0.480 e. The molecule has 0 saturated heterocycles. The first-order valence-corrected chi connectivity index (χ1v) is 9.27. The fraction of sp³-hybridized carbons (Fsp3) is 0.286. The largest absolute Gasteiger partial charge is 0.480 e. The van der Waals surface area contributed by atoms with Gasteiger partial charge in [0.15, 0.2) is 5.96 Å². The first-order valence-electron chi connectivity index (χ1n) is 9.27. The molecule has 0 heterocycles. The number of aliphatic carboxylic acids is 1. The van der Waals surface area contributed by atoms with Crippen LogP contribution in [0.4, 0.5) is 4.79 Å². The Hall–Kier alpha value is -3.55. The smallest absolute Gasteiger partial charge is 0.411 e. The molecule has 2 aromatic rings. The quantitative estimate of drug-likeness (QED) is 0.320. The van der Waals surface area contributed by atoms with Crippen molar-refractivity contribution in [3.8, 4) is 0 Å². The van der Waals surface area contributed by atoms with Crippen LogP contribution in [0.25, 0.3) is 0 Å². The van der Waals surface area contributed by atoms with Crippen molar-refractivity contribution in [3.05, 3.63) is 71.8 Å². The number of benzene rings is 2. The van der Waals surface area contributed by atoms with E-state index in [4.69, 9.17) is 16.2 Å². The molecule has 0 unspecified atom stereocenters. The Morgan fingerprint density at radius 3 is 2.14 bits per heavy atom. The molecule has 0 fully saturated rings. The Labute approximate surface area is 169 Å². The molecule has 0 aromatic heterocycles. The number of aliphatic imine (C=N–C) groups is 1. The van der Waals surface area contributed by atoms with Crippen LogP contribution in [0.1, 0.15) is 24.0 Å². The predicted molar refractivity (Wildman–Crippen MR) is 110 cm³/mol. The zero-order valence-corrected chi connectivity index (χ0v) is 16.1. The van der Waals surface area contributed by atoms with Crippen LogP contribution in [0.3, 0.4) is 0 Å². The second-order valence-electron chi connectivity index (χ2n) is 6.46. The van der Waals surface area contributed by atoms with Gasteiger partial charge in [-0.1, -0.05) is 60.7 Å². The number of nitrogens with two attached hydrogens (primary N) is 2. The normalized spacial score (nSPS) is 11.3. The molecule has 2 aromatic carbocycles. The van der Waals surface area contributed by atoms with E-state index in [1.165, 1.54) is 4.90 Å². The Morgan fingerprint density at radius 2 is 1.59 bits per heavy atom. The van der Waals surface area contributed by atoms with E-state index in [0.29, 0.717) is 6.42 Å². The molecule has 29 heavy (non-hydrogen) atoms. The van der Waals surface area contributed by atoms with Gasteiger partial charge in [0.05, 0.1) is 0 Å². The lowest BCUT2D eigenvalue weighted by atomic mass is 10.1. The maximum atomic E-state index is 12.8. The molecule has 0 spiro atoms. The van der Waals surface area contributed by atoms with Crippen molar-refractivity contribution in [1.82, 2.24) is 4.90 Å². The highest BCUT2D eigenvalue weighted by molar-refractivity contribution is 5.80. The minimum atomic E-state index is -1.11. The van der Waals surface area contributed by atoms with Crippen molar-refractivity contribution in [3.63, 3.8) is 0 Å². The van der Waals surface area contributed by atoms with Crippen LogP contribution in [0.15, 0.2) is 65.7 Å². The van der Waals surface area contributed by atoms with Gasteiger partial charge < -0.3 is 21.3 Å². The number of hydrogen-bond donors (Lipinski definition) is 3. The maximum Gasteiger partial charge on any atom is 0.411 e. The molecule has 1 atom stereocenters. The lowest BCUT2D eigenvalue weighted by Crippen LogP contribution is -2.45. The molecule has 0 aliphatic heterocycles. The van der Waals surface area contributed by atoms with Gasteiger partial charge in [-0.3, -0.25) is 9.89 Å². The molecule has 154 valence electrons. The summed E-state index contributed by atoms with van der Waals surface area (Å²) in [7, 11) is 0. The Balaban J connectivity index is 2.13. The second kappa shape index (κ2) is 11.3. The average molecular weight is 398 g/mol.